The van der Waals surface area contributed by atoms with Crippen LogP contribution in [-0.4, -0.2) is 13.6 Å². The highest BCUT2D eigenvalue weighted by atomic mass is 35.5. The average molecular weight is 302 g/mol. The third-order valence-corrected chi connectivity index (χ3v) is 4.51. The van der Waals surface area contributed by atoms with Gasteiger partial charge < -0.3 is 17.7 Å². The molecule has 1 aliphatic carbocycles. The molecule has 0 amide bonds. The van der Waals surface area contributed by atoms with E-state index in [2.05, 4.69) is 60.9 Å². The molecule has 0 bridgehead atoms. The monoisotopic (exact) mass is 301 g/mol. The topological polar surface area (TPSA) is 16.6 Å². The first-order valence-corrected chi connectivity index (χ1v) is 7.83. The van der Waals surface area contributed by atoms with Crippen LogP contribution in [0.4, 0.5) is 0 Å². The van der Waals surface area contributed by atoms with E-state index in [0.29, 0.717) is 5.92 Å². The summed E-state index contributed by atoms with van der Waals surface area (Å²) in [6, 6.07) is 18.1. The number of benzene rings is 2. The van der Waals surface area contributed by atoms with Crippen molar-refractivity contribution in [3.05, 3.63) is 70.8 Å². The second kappa shape index (κ2) is 7.63. The van der Waals surface area contributed by atoms with Gasteiger partial charge in [-0.3, -0.25) is 0 Å². The number of rotatable bonds is 4. The van der Waals surface area contributed by atoms with Gasteiger partial charge in [-0.25, -0.2) is 0 Å². The lowest BCUT2D eigenvalue weighted by molar-refractivity contribution is -0.627. The Morgan fingerprint density at radius 2 is 1.43 bits per heavy atom. The van der Waals surface area contributed by atoms with Gasteiger partial charge in [-0.15, -0.1) is 0 Å². The fourth-order valence-electron chi connectivity index (χ4n) is 3.48. The summed E-state index contributed by atoms with van der Waals surface area (Å²) < 4.78 is 0. The van der Waals surface area contributed by atoms with Crippen LogP contribution in [0, 0.1) is 0 Å². The van der Waals surface area contributed by atoms with E-state index in [-0.39, 0.29) is 12.4 Å². The van der Waals surface area contributed by atoms with Crippen LogP contribution in [0.5, 0.6) is 0 Å². The molecule has 0 aliphatic heterocycles. The second-order valence-electron chi connectivity index (χ2n) is 5.79. The highest BCUT2D eigenvalue weighted by Gasteiger charge is 2.22. The van der Waals surface area contributed by atoms with Crippen molar-refractivity contribution in [1.82, 2.24) is 0 Å². The van der Waals surface area contributed by atoms with Crippen molar-refractivity contribution in [1.29, 1.82) is 0 Å². The lowest BCUT2D eigenvalue weighted by atomic mass is 9.85. The Balaban J connectivity index is 0.00000161. The Morgan fingerprint density at radius 1 is 0.905 bits per heavy atom. The van der Waals surface area contributed by atoms with Crippen molar-refractivity contribution in [2.75, 3.05) is 13.6 Å². The van der Waals surface area contributed by atoms with Gasteiger partial charge >= 0.3 is 0 Å². The van der Waals surface area contributed by atoms with Crippen molar-refractivity contribution < 1.29 is 17.7 Å². The molecular formula is C19H24ClN. The van der Waals surface area contributed by atoms with Crippen LogP contribution in [0.25, 0.3) is 0 Å². The third kappa shape index (κ3) is 3.48. The van der Waals surface area contributed by atoms with Crippen LogP contribution < -0.4 is 17.7 Å². The predicted molar refractivity (Wildman–Crippen MR) is 84.1 cm³/mol. The molecule has 1 aliphatic rings. The summed E-state index contributed by atoms with van der Waals surface area (Å²) in [6.45, 7) is 1.22. The maximum atomic E-state index is 2.34. The predicted octanol–water partition coefficient (Wildman–Crippen LogP) is -0.105. The molecule has 2 heteroatoms. The van der Waals surface area contributed by atoms with Crippen LogP contribution in [0.3, 0.4) is 0 Å². The summed E-state index contributed by atoms with van der Waals surface area (Å²) in [5, 5.41) is 2.29. The van der Waals surface area contributed by atoms with E-state index in [1.165, 1.54) is 32.2 Å². The number of hydrogen-bond donors (Lipinski definition) is 1. The van der Waals surface area contributed by atoms with Crippen LogP contribution in [0.1, 0.15) is 41.0 Å². The van der Waals surface area contributed by atoms with Crippen molar-refractivity contribution in [2.24, 2.45) is 0 Å². The van der Waals surface area contributed by atoms with E-state index >= 15 is 0 Å². The van der Waals surface area contributed by atoms with Crippen LogP contribution >= 0.6 is 0 Å². The second-order valence-corrected chi connectivity index (χ2v) is 5.79. The summed E-state index contributed by atoms with van der Waals surface area (Å²) >= 11 is 0. The molecular weight excluding hydrogens is 278 g/mol. The fourth-order valence-corrected chi connectivity index (χ4v) is 3.48. The zero-order valence-corrected chi connectivity index (χ0v) is 13.4. The Labute approximate surface area is 134 Å². The fraction of sp³-hybridized carbons (Fsp3) is 0.368. The largest absolute Gasteiger partial charge is 1.00 e. The van der Waals surface area contributed by atoms with Gasteiger partial charge in [-0.05, 0) is 47.9 Å². The molecule has 0 saturated heterocycles. The zero-order chi connectivity index (χ0) is 13.8. The highest BCUT2D eigenvalue weighted by molar-refractivity contribution is 5.44. The lowest BCUT2D eigenvalue weighted by Crippen LogP contribution is -3.00. The van der Waals surface area contributed by atoms with E-state index in [9.17, 15) is 0 Å². The molecule has 1 nitrogen and oxygen atoms in total. The van der Waals surface area contributed by atoms with Crippen molar-refractivity contribution in [3.8, 4) is 0 Å². The Hall–Kier alpha value is -1.31. The van der Waals surface area contributed by atoms with Gasteiger partial charge in [0.05, 0.1) is 13.6 Å². The standard InChI is InChI=1S/C19H23N.ClH/c1-20-14-6-11-19-17-9-4-2-7-15(17)12-13-16-8-3-5-10-18(16)19;/h2-5,7-10,19-20H,6,11-14H2,1H3;1H. The molecule has 21 heavy (non-hydrogen) atoms. The van der Waals surface area contributed by atoms with Crippen molar-refractivity contribution in [3.63, 3.8) is 0 Å². The number of nitrogens with two attached hydrogens (primary N) is 1. The van der Waals surface area contributed by atoms with Crippen LogP contribution in [0.15, 0.2) is 48.5 Å². The number of aryl methyl sites for hydroxylation is 2. The molecule has 0 radical (unpaired) electrons. The molecule has 2 aromatic rings. The minimum Gasteiger partial charge on any atom is -1.00 e. The number of halogens is 1. The third-order valence-electron chi connectivity index (χ3n) is 4.51. The Bertz CT molecular complexity index is 532. The summed E-state index contributed by atoms with van der Waals surface area (Å²) in [5.41, 5.74) is 6.23. The van der Waals surface area contributed by atoms with Gasteiger partial charge in [0.25, 0.3) is 0 Å². The molecule has 0 saturated carbocycles. The molecule has 0 atom stereocenters. The lowest BCUT2D eigenvalue weighted by Gasteiger charge is -2.20. The summed E-state index contributed by atoms with van der Waals surface area (Å²) in [4.78, 5) is 0. The van der Waals surface area contributed by atoms with Gasteiger partial charge in [0.2, 0.25) is 0 Å². The van der Waals surface area contributed by atoms with Gasteiger partial charge in [0.1, 0.15) is 0 Å². The number of quaternary nitrogens is 1. The van der Waals surface area contributed by atoms with E-state index < -0.39 is 0 Å². The van der Waals surface area contributed by atoms with Crippen LogP contribution in [-0.2, 0) is 12.8 Å². The van der Waals surface area contributed by atoms with Crippen molar-refractivity contribution in [2.45, 2.75) is 31.6 Å². The molecule has 0 unspecified atom stereocenters. The molecule has 2 aromatic carbocycles. The van der Waals surface area contributed by atoms with Gasteiger partial charge in [-0.1, -0.05) is 48.5 Å². The Morgan fingerprint density at radius 3 is 1.95 bits per heavy atom. The molecule has 3 rings (SSSR count). The van der Waals surface area contributed by atoms with Gasteiger partial charge in [-0.2, -0.15) is 0 Å². The highest BCUT2D eigenvalue weighted by Crippen LogP contribution is 2.36. The van der Waals surface area contributed by atoms with Crippen LogP contribution in [0.2, 0.25) is 0 Å². The number of hydrogen-bond acceptors (Lipinski definition) is 0. The maximum absolute atomic E-state index is 2.34. The first kappa shape index (κ1) is 16.1. The zero-order valence-electron chi connectivity index (χ0n) is 12.7. The van der Waals surface area contributed by atoms with E-state index in [1.54, 1.807) is 22.3 Å². The SMILES string of the molecule is C[NH2+]CCCC1c2ccccc2CCc2ccccc21.[Cl-]. The molecule has 112 valence electrons. The van der Waals surface area contributed by atoms with Gasteiger partial charge in [0.15, 0.2) is 0 Å². The quantitative estimate of drug-likeness (QED) is 0.759. The first-order valence-electron chi connectivity index (χ1n) is 7.83. The molecule has 2 N–H and O–H groups in total. The summed E-state index contributed by atoms with van der Waals surface area (Å²) in [6.07, 6.45) is 4.91. The summed E-state index contributed by atoms with van der Waals surface area (Å²) in [5.74, 6) is 0.588. The molecule has 0 aromatic heterocycles. The molecule has 0 heterocycles. The van der Waals surface area contributed by atoms with Gasteiger partial charge in [0, 0.05) is 5.92 Å². The first-order chi connectivity index (χ1) is 9.90. The maximum Gasteiger partial charge on any atom is 0.0753 e. The van der Waals surface area contributed by atoms with E-state index in [0.717, 1.165) is 0 Å². The minimum absolute atomic E-state index is 0. The normalized spacial score (nSPS) is 13.8. The number of fused-ring (bicyclic) bond motifs is 2. The van der Waals surface area contributed by atoms with E-state index in [1.807, 2.05) is 0 Å². The minimum atomic E-state index is 0. The Kier molecular flexibility index (Phi) is 5.84. The smallest absolute Gasteiger partial charge is 0.0753 e. The van der Waals surface area contributed by atoms with Crippen molar-refractivity contribution >= 4 is 0 Å². The average Bonchev–Trinajstić information content (AvgIpc) is 2.66. The summed E-state index contributed by atoms with van der Waals surface area (Å²) in [7, 11) is 2.16. The molecule has 0 spiro atoms. The van der Waals surface area contributed by atoms with E-state index in [4.69, 9.17) is 0 Å². The molecule has 0 fully saturated rings.